The van der Waals surface area contributed by atoms with Crippen LogP contribution in [0.3, 0.4) is 0 Å². The second-order valence-corrected chi connectivity index (χ2v) is 6.11. The highest BCUT2D eigenvalue weighted by molar-refractivity contribution is 5.57. The average molecular weight is 314 g/mol. The number of benzene rings is 1. The average Bonchev–Trinajstić information content (AvgIpc) is 2.47. The summed E-state index contributed by atoms with van der Waals surface area (Å²) in [6.07, 6.45) is 1.64. The summed E-state index contributed by atoms with van der Waals surface area (Å²) in [6.45, 7) is 6.14. The van der Waals surface area contributed by atoms with Crippen molar-refractivity contribution in [2.75, 3.05) is 26.1 Å². The second kappa shape index (κ2) is 6.90. The van der Waals surface area contributed by atoms with E-state index in [9.17, 15) is 4.79 Å². The first-order valence-electron chi connectivity index (χ1n) is 7.94. The van der Waals surface area contributed by atoms with Crippen LogP contribution in [0.1, 0.15) is 34.9 Å². The van der Waals surface area contributed by atoms with Crippen molar-refractivity contribution in [3.63, 3.8) is 0 Å². The number of ether oxygens (including phenoxy) is 1. The molecule has 0 fully saturated rings. The van der Waals surface area contributed by atoms with Crippen molar-refractivity contribution in [3.8, 4) is 5.75 Å². The van der Waals surface area contributed by atoms with Gasteiger partial charge in [0.1, 0.15) is 11.4 Å². The van der Waals surface area contributed by atoms with Crippen molar-refractivity contribution < 1.29 is 4.74 Å². The Hall–Kier alpha value is -2.23. The van der Waals surface area contributed by atoms with Crippen LogP contribution < -0.4 is 15.2 Å². The zero-order chi connectivity index (χ0) is 17.1. The molecule has 0 atom stereocenters. The molecule has 1 heterocycles. The number of aryl methyl sites for hydroxylation is 2. The molecule has 1 N–H and O–H groups in total. The molecule has 0 unspecified atom stereocenters. The molecule has 23 heavy (non-hydrogen) atoms. The standard InChI is InChI=1S/C19H26N2O2/c1-7-15-13(3)20-19(22)18(21(4)5)16(15)11-14-8-9-17(23-6)12(2)10-14/h8-10H,7,11H2,1-6H3,(H,20,22). The third-order valence-electron chi connectivity index (χ3n) is 4.26. The number of rotatable bonds is 5. The molecule has 1 aromatic carbocycles. The number of hydrogen-bond donors (Lipinski definition) is 1. The van der Waals surface area contributed by atoms with Crippen molar-refractivity contribution >= 4 is 5.69 Å². The van der Waals surface area contributed by atoms with E-state index in [2.05, 4.69) is 24.0 Å². The maximum absolute atomic E-state index is 12.4. The van der Waals surface area contributed by atoms with E-state index in [-0.39, 0.29) is 5.56 Å². The largest absolute Gasteiger partial charge is 0.496 e. The second-order valence-electron chi connectivity index (χ2n) is 6.11. The molecular weight excluding hydrogens is 288 g/mol. The summed E-state index contributed by atoms with van der Waals surface area (Å²) in [6, 6.07) is 6.20. The minimum Gasteiger partial charge on any atom is -0.496 e. The first kappa shape index (κ1) is 17.1. The van der Waals surface area contributed by atoms with Crippen molar-refractivity contribution in [2.24, 2.45) is 0 Å². The normalized spacial score (nSPS) is 10.7. The molecule has 0 aliphatic heterocycles. The van der Waals surface area contributed by atoms with Crippen LogP contribution in [0, 0.1) is 13.8 Å². The van der Waals surface area contributed by atoms with Crippen LogP contribution in [-0.4, -0.2) is 26.2 Å². The van der Waals surface area contributed by atoms with Gasteiger partial charge < -0.3 is 14.6 Å². The third-order valence-corrected chi connectivity index (χ3v) is 4.26. The van der Waals surface area contributed by atoms with E-state index in [1.54, 1.807) is 7.11 Å². The summed E-state index contributed by atoms with van der Waals surface area (Å²) >= 11 is 0. The molecule has 1 aromatic heterocycles. The van der Waals surface area contributed by atoms with Gasteiger partial charge in [0, 0.05) is 26.2 Å². The molecule has 0 radical (unpaired) electrons. The van der Waals surface area contributed by atoms with Crippen molar-refractivity contribution in [3.05, 3.63) is 56.5 Å². The Labute approximate surface area is 138 Å². The zero-order valence-electron chi connectivity index (χ0n) is 14.9. The zero-order valence-corrected chi connectivity index (χ0v) is 14.9. The fourth-order valence-electron chi connectivity index (χ4n) is 3.21. The van der Waals surface area contributed by atoms with Gasteiger partial charge in [-0.3, -0.25) is 4.79 Å². The monoisotopic (exact) mass is 314 g/mol. The van der Waals surface area contributed by atoms with Gasteiger partial charge in [0.05, 0.1) is 7.11 Å². The van der Waals surface area contributed by atoms with Gasteiger partial charge in [-0.2, -0.15) is 0 Å². The summed E-state index contributed by atoms with van der Waals surface area (Å²) in [4.78, 5) is 17.3. The molecule has 4 heteroatoms. The Balaban J connectivity index is 2.58. The van der Waals surface area contributed by atoms with E-state index in [1.165, 1.54) is 11.1 Å². The van der Waals surface area contributed by atoms with Gasteiger partial charge in [-0.25, -0.2) is 0 Å². The predicted octanol–water partition coefficient (Wildman–Crippen LogP) is 3.22. The van der Waals surface area contributed by atoms with E-state index in [1.807, 2.05) is 38.9 Å². The van der Waals surface area contributed by atoms with Crippen LogP contribution in [0.15, 0.2) is 23.0 Å². The van der Waals surface area contributed by atoms with Gasteiger partial charge in [0.25, 0.3) is 5.56 Å². The summed E-state index contributed by atoms with van der Waals surface area (Å²) in [5.74, 6) is 0.888. The number of aromatic amines is 1. The van der Waals surface area contributed by atoms with Gasteiger partial charge >= 0.3 is 0 Å². The maximum Gasteiger partial charge on any atom is 0.271 e. The van der Waals surface area contributed by atoms with E-state index < -0.39 is 0 Å². The van der Waals surface area contributed by atoms with Crippen LogP contribution in [0.2, 0.25) is 0 Å². The molecule has 0 bridgehead atoms. The molecule has 4 nitrogen and oxygen atoms in total. The first-order chi connectivity index (χ1) is 10.9. The van der Waals surface area contributed by atoms with Crippen LogP contribution in [0.5, 0.6) is 5.75 Å². The van der Waals surface area contributed by atoms with Gasteiger partial charge in [0.2, 0.25) is 0 Å². The molecule has 124 valence electrons. The van der Waals surface area contributed by atoms with Gasteiger partial charge in [-0.05, 0) is 48.6 Å². The number of pyridine rings is 1. The minimum atomic E-state index is -0.0232. The highest BCUT2D eigenvalue weighted by Gasteiger charge is 2.17. The Bertz CT molecular complexity index is 761. The van der Waals surface area contributed by atoms with Crippen LogP contribution in [-0.2, 0) is 12.8 Å². The summed E-state index contributed by atoms with van der Waals surface area (Å²) in [5, 5.41) is 0. The molecular formula is C19H26N2O2. The minimum absolute atomic E-state index is 0.0232. The van der Waals surface area contributed by atoms with Crippen molar-refractivity contribution in [1.29, 1.82) is 0 Å². The van der Waals surface area contributed by atoms with Gasteiger partial charge in [-0.15, -0.1) is 0 Å². The van der Waals surface area contributed by atoms with Crippen molar-refractivity contribution in [1.82, 2.24) is 4.98 Å². The Morgan fingerprint density at radius 2 is 1.87 bits per heavy atom. The van der Waals surface area contributed by atoms with Gasteiger partial charge in [-0.1, -0.05) is 19.1 Å². The number of anilines is 1. The Kier molecular flexibility index (Phi) is 5.14. The number of H-pyrrole nitrogens is 1. The quantitative estimate of drug-likeness (QED) is 0.921. The third kappa shape index (κ3) is 3.41. The number of hydrogen-bond acceptors (Lipinski definition) is 3. The summed E-state index contributed by atoms with van der Waals surface area (Å²) in [7, 11) is 5.52. The maximum atomic E-state index is 12.4. The Morgan fingerprint density at radius 3 is 2.39 bits per heavy atom. The summed E-state index contributed by atoms with van der Waals surface area (Å²) < 4.78 is 5.33. The topological polar surface area (TPSA) is 45.3 Å². The molecule has 0 aliphatic rings. The fraction of sp³-hybridized carbons (Fsp3) is 0.421. The fourth-order valence-corrected chi connectivity index (χ4v) is 3.21. The van der Waals surface area contributed by atoms with Crippen molar-refractivity contribution in [2.45, 2.75) is 33.6 Å². The lowest BCUT2D eigenvalue weighted by Gasteiger charge is -2.21. The first-order valence-corrected chi connectivity index (χ1v) is 7.94. The van der Waals surface area contributed by atoms with Crippen LogP contribution in [0.25, 0.3) is 0 Å². The summed E-state index contributed by atoms with van der Waals surface area (Å²) in [5.41, 5.74) is 6.32. The number of aromatic nitrogens is 1. The van der Waals surface area contributed by atoms with Gasteiger partial charge in [0.15, 0.2) is 0 Å². The highest BCUT2D eigenvalue weighted by Crippen LogP contribution is 2.26. The van der Waals surface area contributed by atoms with E-state index in [0.29, 0.717) is 0 Å². The molecule has 0 amide bonds. The molecule has 0 saturated heterocycles. The Morgan fingerprint density at radius 1 is 1.17 bits per heavy atom. The number of nitrogens with zero attached hydrogens (tertiary/aromatic N) is 1. The van der Waals surface area contributed by atoms with E-state index in [4.69, 9.17) is 4.74 Å². The highest BCUT2D eigenvalue weighted by atomic mass is 16.5. The smallest absolute Gasteiger partial charge is 0.271 e. The number of methoxy groups -OCH3 is 1. The number of nitrogens with one attached hydrogen (secondary N) is 1. The van der Waals surface area contributed by atoms with Crippen LogP contribution >= 0.6 is 0 Å². The lowest BCUT2D eigenvalue weighted by atomic mass is 9.95. The molecule has 0 spiro atoms. The molecule has 2 aromatic rings. The predicted molar refractivity (Wildman–Crippen MR) is 96.0 cm³/mol. The molecule has 0 saturated carbocycles. The molecule has 0 aliphatic carbocycles. The lowest BCUT2D eigenvalue weighted by Crippen LogP contribution is -2.25. The molecule has 2 rings (SSSR count). The lowest BCUT2D eigenvalue weighted by molar-refractivity contribution is 0.411. The van der Waals surface area contributed by atoms with Crippen LogP contribution in [0.4, 0.5) is 5.69 Å². The van der Waals surface area contributed by atoms with E-state index in [0.717, 1.165) is 41.1 Å². The SMILES string of the molecule is CCc1c(C)[nH]c(=O)c(N(C)C)c1Cc1ccc(OC)c(C)c1. The van der Waals surface area contributed by atoms with E-state index >= 15 is 0 Å².